The Kier molecular flexibility index (Phi) is 5.91. The van der Waals surface area contributed by atoms with Gasteiger partial charge in [0.2, 0.25) is 5.89 Å². The van der Waals surface area contributed by atoms with Crippen LogP contribution in [-0.2, 0) is 17.5 Å². The van der Waals surface area contributed by atoms with Gasteiger partial charge in [-0.25, -0.2) is 4.98 Å². The molecular formula is C20H16F6NOSSb. The monoisotopic (exact) mass is 553 g/mol. The maximum atomic E-state index is 9.93. The zero-order valence-electron chi connectivity index (χ0n) is 15.2. The molecule has 0 spiro atoms. The fourth-order valence-electron chi connectivity index (χ4n) is 2.47. The van der Waals surface area contributed by atoms with Crippen LogP contribution in [0.5, 0.6) is 0 Å². The third-order valence-corrected chi connectivity index (χ3v) is 4.88. The Morgan fingerprint density at radius 3 is 1.90 bits per heavy atom. The van der Waals surface area contributed by atoms with Crippen molar-refractivity contribution in [2.24, 2.45) is 0 Å². The van der Waals surface area contributed by atoms with Crippen LogP contribution < -0.4 is 0 Å². The van der Waals surface area contributed by atoms with Gasteiger partial charge in [-0.15, -0.1) is 0 Å². The number of oxazole rings is 1. The van der Waals surface area contributed by atoms with Crippen LogP contribution in [0.1, 0.15) is 5.56 Å². The van der Waals surface area contributed by atoms with Crippen molar-refractivity contribution < 1.29 is 21.3 Å². The molecule has 0 amide bonds. The first-order valence-corrected chi connectivity index (χ1v) is 15.4. The molecular weight excluding hydrogens is 538 g/mol. The molecule has 2 nitrogen and oxygen atoms in total. The number of hydrogen-bond acceptors (Lipinski definition) is 2. The largest absolute Gasteiger partial charge is 0.436 e. The molecule has 4 aromatic rings. The smallest absolute Gasteiger partial charge is 0.227 e. The van der Waals surface area contributed by atoms with Crippen molar-refractivity contribution in [3.8, 4) is 11.5 Å². The fourth-order valence-corrected chi connectivity index (χ4v) is 3.41. The van der Waals surface area contributed by atoms with Gasteiger partial charge in [-0.05, 0) is 36.4 Å². The van der Waals surface area contributed by atoms with Gasteiger partial charge < -0.3 is 4.42 Å². The number of aromatic nitrogens is 1. The molecule has 0 unspecified atom stereocenters. The fraction of sp³-hybridized carbons (Fsp3) is 0.0500. The van der Waals surface area contributed by atoms with Gasteiger partial charge in [-0.1, -0.05) is 42.5 Å². The number of halogens is 6. The van der Waals surface area contributed by atoms with E-state index in [-0.39, 0.29) is 0 Å². The minimum Gasteiger partial charge on any atom is -0.436 e. The Morgan fingerprint density at radius 1 is 0.733 bits per heavy atom. The first-order chi connectivity index (χ1) is 13.8. The number of benzene rings is 3. The summed E-state index contributed by atoms with van der Waals surface area (Å²) in [5, 5.41) is 0. The van der Waals surface area contributed by atoms with Crippen molar-refractivity contribution in [3.05, 3.63) is 84.4 Å². The van der Waals surface area contributed by atoms with E-state index in [0.29, 0.717) is 5.89 Å². The Bertz CT molecular complexity index is 1090. The molecule has 0 atom stereocenters. The van der Waals surface area contributed by atoms with Crippen LogP contribution >= 0.6 is 0 Å². The van der Waals surface area contributed by atoms with Gasteiger partial charge in [0, 0.05) is 22.9 Å². The molecule has 160 valence electrons. The van der Waals surface area contributed by atoms with Crippen LogP contribution in [0.2, 0.25) is 0 Å². The van der Waals surface area contributed by atoms with Crippen molar-refractivity contribution >= 4 is 42.3 Å². The summed E-state index contributed by atoms with van der Waals surface area (Å²) in [6.07, 6.45) is 0. The Labute approximate surface area is 174 Å². The first kappa shape index (κ1) is 22.6. The molecule has 1 heterocycles. The quantitative estimate of drug-likeness (QED) is 0.118. The first-order valence-electron chi connectivity index (χ1n) is 8.57. The van der Waals surface area contributed by atoms with E-state index in [1.165, 1.54) is 22.2 Å². The normalized spacial score (nSPS) is 13.8. The van der Waals surface area contributed by atoms with Crippen molar-refractivity contribution in [1.29, 1.82) is 0 Å². The molecule has 30 heavy (non-hydrogen) atoms. The molecule has 0 fully saturated rings. The van der Waals surface area contributed by atoms with E-state index in [2.05, 4.69) is 59.6 Å². The Morgan fingerprint density at radius 2 is 1.30 bits per heavy atom. The molecule has 0 radical (unpaired) electrons. The molecule has 0 aliphatic carbocycles. The molecule has 4 rings (SSSR count). The molecule has 0 bridgehead atoms. The third kappa shape index (κ3) is 8.32. The summed E-state index contributed by atoms with van der Waals surface area (Å²) in [6, 6.07) is 26.9. The maximum Gasteiger partial charge on any atom is 0.227 e. The van der Waals surface area contributed by atoms with Crippen LogP contribution in [0.25, 0.3) is 22.6 Å². The van der Waals surface area contributed by atoms with Gasteiger partial charge in [-0.2, -0.15) is 0 Å². The predicted molar refractivity (Wildman–Crippen MR) is 109 cm³/mol. The molecule has 10 heteroatoms. The average molecular weight is 554 g/mol. The molecule has 0 saturated heterocycles. The van der Waals surface area contributed by atoms with Crippen LogP contribution in [0, 0.1) is 0 Å². The summed E-state index contributed by atoms with van der Waals surface area (Å²) in [7, 11) is 0. The number of hydrogen-bond donors (Lipinski definition) is 0. The molecule has 3 aromatic carbocycles. The van der Waals surface area contributed by atoms with Crippen LogP contribution in [-0.4, -0.2) is 24.5 Å². The summed E-state index contributed by atoms with van der Waals surface area (Å²) >= 11 is -9.95. The van der Waals surface area contributed by atoms with Crippen LogP contribution in [0.3, 0.4) is 0 Å². The molecule has 0 aliphatic rings. The van der Waals surface area contributed by atoms with Crippen molar-refractivity contribution in [1.82, 2.24) is 4.98 Å². The maximum absolute atomic E-state index is 11.2. The Hall–Kier alpha value is -2.12. The number of thiol groups is 1. The van der Waals surface area contributed by atoms with Crippen molar-refractivity contribution in [3.63, 3.8) is 0 Å². The van der Waals surface area contributed by atoms with E-state index in [1.54, 1.807) is 0 Å². The topological polar surface area (TPSA) is 26.0 Å². The molecule has 0 saturated carbocycles. The predicted octanol–water partition coefficient (Wildman–Crippen LogP) is 7.01. The van der Waals surface area contributed by atoms with Crippen LogP contribution in [0.4, 0.5) is 16.9 Å². The van der Waals surface area contributed by atoms with E-state index in [1.807, 2.05) is 24.3 Å². The van der Waals surface area contributed by atoms with E-state index >= 15 is 0 Å². The summed E-state index contributed by atoms with van der Waals surface area (Å²) < 4.78 is 65.4. The second-order valence-corrected chi connectivity index (χ2v) is 12.9. The standard InChI is InChI=1S/C20H15NOS.6FH.Sb/c1-2-6-15(7-3-1)14-23-17-12-10-16(11-13-17)20-21-18-8-4-5-9-19(18)22-20;;;;;;;/h1-13H,14H2;6*1H;/q;;;;;;;+5/p-5. The average Bonchev–Trinajstić information content (AvgIpc) is 3.09. The van der Waals surface area contributed by atoms with E-state index in [9.17, 15) is 16.9 Å². The summed E-state index contributed by atoms with van der Waals surface area (Å²) in [4.78, 5) is 5.84. The number of fused-ring (bicyclic) bond motifs is 1. The van der Waals surface area contributed by atoms with Gasteiger partial charge in [-0.3, -0.25) is 0 Å². The van der Waals surface area contributed by atoms with E-state index in [0.717, 1.165) is 22.4 Å². The SMILES string of the molecule is [F][Sb-]([F])([F])([F])([F])[F].c1ccc(C[SH+]c2ccc(-c3nc4ccccc4o3)cc2)cc1. The number of para-hydroxylation sites is 2. The van der Waals surface area contributed by atoms with Crippen LogP contribution in [0.15, 0.2) is 88.2 Å². The van der Waals surface area contributed by atoms with E-state index < -0.39 is 19.5 Å². The number of rotatable bonds is 4. The molecule has 1 aromatic heterocycles. The summed E-state index contributed by atoms with van der Waals surface area (Å²) in [5.41, 5.74) is 4.10. The number of nitrogens with zero attached hydrogens (tertiary/aromatic N) is 1. The van der Waals surface area contributed by atoms with Crippen molar-refractivity contribution in [2.45, 2.75) is 10.6 Å². The van der Waals surface area contributed by atoms with E-state index in [4.69, 9.17) is 4.42 Å². The summed E-state index contributed by atoms with van der Waals surface area (Å²) in [5.74, 6) is 1.71. The zero-order chi connectivity index (χ0) is 21.9. The third-order valence-electron chi connectivity index (χ3n) is 3.70. The van der Waals surface area contributed by atoms with Gasteiger partial charge in [0.1, 0.15) is 11.3 Å². The van der Waals surface area contributed by atoms with Crippen molar-refractivity contribution in [2.75, 3.05) is 0 Å². The zero-order valence-corrected chi connectivity index (χ0v) is 18.7. The van der Waals surface area contributed by atoms with Gasteiger partial charge in [0.15, 0.2) is 10.5 Å². The second kappa shape index (κ2) is 7.85. The molecule has 0 aliphatic heterocycles. The minimum atomic E-state index is -11.2. The van der Waals surface area contributed by atoms with Gasteiger partial charge in [0.05, 0.1) is 0 Å². The molecule has 0 N–H and O–H groups in total. The van der Waals surface area contributed by atoms with Gasteiger partial charge >= 0.3 is 36.4 Å². The Balaban J connectivity index is 0.000000318. The summed E-state index contributed by atoms with van der Waals surface area (Å²) in [6.45, 7) is 0. The minimum absolute atomic E-state index is 0.678. The van der Waals surface area contributed by atoms with Gasteiger partial charge in [0.25, 0.3) is 0 Å². The second-order valence-electron chi connectivity index (χ2n) is 6.29.